The molecule has 2 aliphatic heterocycles. The molecule has 1 aromatic heterocycles. The fraction of sp³-hybridized carbons (Fsp3) is 0.588. The molecule has 0 aliphatic carbocycles. The molecule has 1 unspecified atom stereocenters. The summed E-state index contributed by atoms with van der Waals surface area (Å²) in [4.78, 5) is 31.8. The lowest BCUT2D eigenvalue weighted by molar-refractivity contribution is -0.144. The number of aliphatic hydroxyl groups excluding tert-OH is 1. The van der Waals surface area contributed by atoms with Crippen LogP contribution in [0, 0.1) is 5.41 Å². The lowest BCUT2D eigenvalue weighted by atomic mass is 9.73. The van der Waals surface area contributed by atoms with Crippen molar-refractivity contribution in [3.8, 4) is 0 Å². The number of aromatic nitrogens is 1. The number of amides is 2. The molecule has 2 saturated heterocycles. The van der Waals surface area contributed by atoms with Crippen LogP contribution in [0.15, 0.2) is 24.5 Å². The second-order valence-corrected chi connectivity index (χ2v) is 6.68. The van der Waals surface area contributed by atoms with Crippen LogP contribution in [0.1, 0.15) is 31.2 Å². The van der Waals surface area contributed by atoms with Crippen LogP contribution in [-0.4, -0.2) is 57.9 Å². The normalized spacial score (nSPS) is 25.0. The van der Waals surface area contributed by atoms with Gasteiger partial charge < -0.3 is 14.9 Å². The Labute approximate surface area is 136 Å². The van der Waals surface area contributed by atoms with Crippen molar-refractivity contribution in [1.82, 2.24) is 14.8 Å². The number of carbonyl (C=O) groups is 2. The predicted octanol–water partition coefficient (Wildman–Crippen LogP) is 0.805. The van der Waals surface area contributed by atoms with Crippen LogP contribution in [-0.2, 0) is 16.1 Å². The van der Waals surface area contributed by atoms with Crippen LogP contribution in [0.3, 0.4) is 0 Å². The maximum atomic E-state index is 12.3. The highest BCUT2D eigenvalue weighted by atomic mass is 16.3. The van der Waals surface area contributed by atoms with Crippen molar-refractivity contribution in [2.75, 3.05) is 26.2 Å². The van der Waals surface area contributed by atoms with Crippen LogP contribution in [0.5, 0.6) is 0 Å². The first kappa shape index (κ1) is 15.9. The van der Waals surface area contributed by atoms with Gasteiger partial charge >= 0.3 is 0 Å². The van der Waals surface area contributed by atoms with Crippen molar-refractivity contribution in [2.45, 2.75) is 32.2 Å². The van der Waals surface area contributed by atoms with E-state index in [0.717, 1.165) is 24.8 Å². The van der Waals surface area contributed by atoms with E-state index in [-0.39, 0.29) is 17.2 Å². The molecule has 1 spiro atoms. The zero-order valence-corrected chi connectivity index (χ0v) is 13.3. The molecule has 2 aliphatic rings. The Bertz CT molecular complexity index is 578. The lowest BCUT2D eigenvalue weighted by Crippen LogP contribution is -2.55. The minimum atomic E-state index is -0.435. The van der Waals surface area contributed by atoms with Gasteiger partial charge in [-0.05, 0) is 37.0 Å². The van der Waals surface area contributed by atoms with Gasteiger partial charge in [0.2, 0.25) is 11.8 Å². The molecule has 1 aromatic rings. The lowest BCUT2D eigenvalue weighted by Gasteiger charge is -2.48. The zero-order chi connectivity index (χ0) is 16.3. The second kappa shape index (κ2) is 6.66. The highest BCUT2D eigenvalue weighted by molar-refractivity contribution is 5.78. The molecule has 6 nitrogen and oxygen atoms in total. The van der Waals surface area contributed by atoms with Gasteiger partial charge in [-0.15, -0.1) is 0 Å². The second-order valence-electron chi connectivity index (χ2n) is 6.68. The molecule has 1 N–H and O–H groups in total. The third kappa shape index (κ3) is 3.52. The Morgan fingerprint density at radius 2 is 2.04 bits per heavy atom. The number of nitrogens with zero attached hydrogens (tertiary/aromatic N) is 3. The Balaban J connectivity index is 1.71. The Hall–Kier alpha value is -1.95. The van der Waals surface area contributed by atoms with Gasteiger partial charge in [0.1, 0.15) is 6.61 Å². The molecule has 2 fully saturated rings. The molecule has 6 heteroatoms. The third-order valence-electron chi connectivity index (χ3n) is 5.02. The third-order valence-corrected chi connectivity index (χ3v) is 5.02. The van der Waals surface area contributed by atoms with Gasteiger partial charge in [0.05, 0.1) is 0 Å². The maximum Gasteiger partial charge on any atom is 0.248 e. The monoisotopic (exact) mass is 317 g/mol. The van der Waals surface area contributed by atoms with Crippen molar-refractivity contribution in [2.24, 2.45) is 5.41 Å². The average molecular weight is 317 g/mol. The maximum absolute atomic E-state index is 12.3. The molecule has 0 aromatic carbocycles. The van der Waals surface area contributed by atoms with E-state index in [4.69, 9.17) is 5.11 Å². The van der Waals surface area contributed by atoms with Gasteiger partial charge in [-0.3, -0.25) is 14.6 Å². The number of rotatable bonds is 3. The van der Waals surface area contributed by atoms with Crippen LogP contribution in [0.25, 0.3) is 0 Å². The molecular weight excluding hydrogens is 294 g/mol. The fourth-order valence-corrected chi connectivity index (χ4v) is 3.81. The van der Waals surface area contributed by atoms with Gasteiger partial charge in [-0.2, -0.15) is 0 Å². The van der Waals surface area contributed by atoms with Crippen LogP contribution < -0.4 is 0 Å². The summed E-state index contributed by atoms with van der Waals surface area (Å²) in [6.45, 7) is 2.20. The van der Waals surface area contributed by atoms with Crippen LogP contribution in [0.2, 0.25) is 0 Å². The van der Waals surface area contributed by atoms with Gasteiger partial charge in [0.25, 0.3) is 0 Å². The predicted molar refractivity (Wildman–Crippen MR) is 84.2 cm³/mol. The molecule has 1 atom stereocenters. The van der Waals surface area contributed by atoms with E-state index in [1.807, 2.05) is 17.0 Å². The summed E-state index contributed by atoms with van der Waals surface area (Å²) < 4.78 is 0. The summed E-state index contributed by atoms with van der Waals surface area (Å²) in [6, 6.07) is 3.86. The van der Waals surface area contributed by atoms with Crippen molar-refractivity contribution in [3.63, 3.8) is 0 Å². The topological polar surface area (TPSA) is 73.7 Å². The van der Waals surface area contributed by atoms with E-state index < -0.39 is 6.61 Å². The highest BCUT2D eigenvalue weighted by Crippen LogP contribution is 2.39. The van der Waals surface area contributed by atoms with Crippen LogP contribution >= 0.6 is 0 Å². The standard InChI is InChI=1S/C17H23N3O3/c21-11-16(23)19-9-1-5-17(12-19)6-2-15(22)20(13-17)10-14-3-7-18-8-4-14/h3-4,7-8,21H,1-2,5-6,9-13H2. The average Bonchev–Trinajstić information content (AvgIpc) is 2.59. The number of pyridine rings is 1. The molecule has 23 heavy (non-hydrogen) atoms. The first-order chi connectivity index (χ1) is 11.1. The minimum absolute atomic E-state index is 0.0238. The van der Waals surface area contributed by atoms with Crippen molar-refractivity contribution in [3.05, 3.63) is 30.1 Å². The summed E-state index contributed by atoms with van der Waals surface area (Å²) in [5.41, 5.74) is 1.05. The number of aliphatic hydroxyl groups is 1. The van der Waals surface area contributed by atoms with E-state index in [1.165, 1.54) is 0 Å². The number of hydrogen-bond donors (Lipinski definition) is 1. The first-order valence-electron chi connectivity index (χ1n) is 8.17. The zero-order valence-electron chi connectivity index (χ0n) is 13.3. The summed E-state index contributed by atoms with van der Waals surface area (Å²) in [6.07, 6.45) is 6.80. The van der Waals surface area contributed by atoms with Gasteiger partial charge in [-0.25, -0.2) is 0 Å². The number of piperidine rings is 2. The minimum Gasteiger partial charge on any atom is -0.387 e. The van der Waals surface area contributed by atoms with Gasteiger partial charge in [0, 0.05) is 50.4 Å². The van der Waals surface area contributed by atoms with Crippen molar-refractivity contribution >= 4 is 11.8 Å². The Morgan fingerprint density at radius 3 is 2.78 bits per heavy atom. The van der Waals surface area contributed by atoms with Crippen molar-refractivity contribution < 1.29 is 14.7 Å². The van der Waals surface area contributed by atoms with Gasteiger partial charge in [0.15, 0.2) is 0 Å². The Morgan fingerprint density at radius 1 is 1.26 bits per heavy atom. The number of likely N-dealkylation sites (tertiary alicyclic amines) is 2. The molecule has 0 radical (unpaired) electrons. The summed E-state index contributed by atoms with van der Waals surface area (Å²) in [7, 11) is 0. The largest absolute Gasteiger partial charge is 0.387 e. The van der Waals surface area contributed by atoms with E-state index in [0.29, 0.717) is 32.6 Å². The van der Waals surface area contributed by atoms with E-state index in [1.54, 1.807) is 17.3 Å². The molecule has 0 bridgehead atoms. The summed E-state index contributed by atoms with van der Waals surface area (Å²) in [5, 5.41) is 9.10. The summed E-state index contributed by atoms with van der Waals surface area (Å²) >= 11 is 0. The first-order valence-corrected chi connectivity index (χ1v) is 8.17. The molecule has 3 heterocycles. The summed E-state index contributed by atoms with van der Waals surface area (Å²) in [5.74, 6) is -0.0281. The van der Waals surface area contributed by atoms with Crippen LogP contribution in [0.4, 0.5) is 0 Å². The molecule has 124 valence electrons. The fourth-order valence-electron chi connectivity index (χ4n) is 3.81. The van der Waals surface area contributed by atoms with E-state index >= 15 is 0 Å². The van der Waals surface area contributed by atoms with E-state index in [9.17, 15) is 9.59 Å². The van der Waals surface area contributed by atoms with E-state index in [2.05, 4.69) is 4.98 Å². The molecule has 3 rings (SSSR count). The smallest absolute Gasteiger partial charge is 0.248 e. The van der Waals surface area contributed by atoms with Crippen molar-refractivity contribution in [1.29, 1.82) is 0 Å². The number of hydrogen-bond acceptors (Lipinski definition) is 4. The Kier molecular flexibility index (Phi) is 4.61. The van der Waals surface area contributed by atoms with Gasteiger partial charge in [-0.1, -0.05) is 0 Å². The molecule has 0 saturated carbocycles. The highest BCUT2D eigenvalue weighted by Gasteiger charge is 2.42. The SMILES string of the molecule is O=C(CO)N1CCCC2(CCC(=O)N(Cc3ccncc3)C2)C1. The number of carbonyl (C=O) groups excluding carboxylic acids is 2. The molecular formula is C17H23N3O3. The molecule has 2 amide bonds. The quantitative estimate of drug-likeness (QED) is 0.895.